The van der Waals surface area contributed by atoms with E-state index >= 15 is 0 Å². The fourth-order valence-corrected chi connectivity index (χ4v) is 4.80. The van der Waals surface area contributed by atoms with Crippen molar-refractivity contribution in [2.24, 2.45) is 0 Å². The Labute approximate surface area is 195 Å². The predicted octanol–water partition coefficient (Wildman–Crippen LogP) is 2.73. The minimum absolute atomic E-state index is 0.139. The predicted molar refractivity (Wildman–Crippen MR) is 126 cm³/mol. The van der Waals surface area contributed by atoms with E-state index in [9.17, 15) is 10.1 Å². The number of nitriles is 1. The summed E-state index contributed by atoms with van der Waals surface area (Å²) in [4.78, 5) is 27.9. The fourth-order valence-electron chi connectivity index (χ4n) is 4.80. The van der Waals surface area contributed by atoms with Crippen molar-refractivity contribution in [2.45, 2.75) is 45.9 Å². The van der Waals surface area contributed by atoms with Crippen LogP contribution in [0.4, 0.5) is 5.82 Å². The topological polar surface area (TPSA) is 85.6 Å². The quantitative estimate of drug-likeness (QED) is 0.631. The monoisotopic (exact) mass is 446 g/mol. The van der Waals surface area contributed by atoms with Crippen molar-refractivity contribution in [3.63, 3.8) is 0 Å². The number of hydrogen-bond acceptors (Lipinski definition) is 7. The summed E-state index contributed by atoms with van der Waals surface area (Å²) in [6, 6.07) is 8.75. The standard InChI is InChI=1S/C25H30N6O2/c1-5-23(32)31-12-11-30(13-19(31)9-10-26)24-21-15-29(16-22(21)27-25(28-24)33-4)14-20-17(2)7-6-8-18(20)3/h5-8,19H,1,9,11-16H2,2-4H3/t19-/m0/s1. The highest BCUT2D eigenvalue weighted by Gasteiger charge is 2.34. The summed E-state index contributed by atoms with van der Waals surface area (Å²) >= 11 is 0. The molecule has 0 unspecified atom stereocenters. The van der Waals surface area contributed by atoms with Gasteiger partial charge >= 0.3 is 6.01 Å². The molecule has 1 fully saturated rings. The summed E-state index contributed by atoms with van der Waals surface area (Å²) in [5.41, 5.74) is 6.00. The number of aryl methyl sites for hydroxylation is 2. The zero-order chi connectivity index (χ0) is 23.5. The molecule has 0 radical (unpaired) electrons. The number of carbonyl (C=O) groups is 1. The molecule has 2 aliphatic heterocycles. The maximum atomic E-state index is 12.3. The molecule has 1 atom stereocenters. The van der Waals surface area contributed by atoms with Crippen molar-refractivity contribution < 1.29 is 9.53 Å². The molecule has 0 saturated carbocycles. The number of carbonyl (C=O) groups excluding carboxylic acids is 1. The number of benzene rings is 1. The number of fused-ring (bicyclic) bond motifs is 1. The molecule has 2 aliphatic rings. The van der Waals surface area contributed by atoms with Gasteiger partial charge in [0.15, 0.2) is 0 Å². The van der Waals surface area contributed by atoms with Crippen molar-refractivity contribution in [3.8, 4) is 12.1 Å². The lowest BCUT2D eigenvalue weighted by Gasteiger charge is -2.41. The van der Waals surface area contributed by atoms with E-state index in [0.29, 0.717) is 25.6 Å². The van der Waals surface area contributed by atoms with Gasteiger partial charge in [0.05, 0.1) is 31.3 Å². The Morgan fingerprint density at radius 3 is 2.70 bits per heavy atom. The van der Waals surface area contributed by atoms with Gasteiger partial charge in [0.1, 0.15) is 5.82 Å². The number of anilines is 1. The first kappa shape index (κ1) is 22.7. The Hall–Kier alpha value is -3.44. The van der Waals surface area contributed by atoms with Gasteiger partial charge in [0.2, 0.25) is 5.91 Å². The molecule has 2 aromatic rings. The Balaban J connectivity index is 1.60. The molecule has 4 rings (SSSR count). The Bertz CT molecular complexity index is 1090. The molecule has 0 N–H and O–H groups in total. The SMILES string of the molecule is C=CC(=O)N1CCN(c2nc(OC)nc3c2CN(Cc2c(C)cccc2C)C3)C[C@@H]1CC#N. The molecular formula is C25H30N6O2. The van der Waals surface area contributed by atoms with Gasteiger partial charge in [0.25, 0.3) is 0 Å². The molecule has 8 nitrogen and oxygen atoms in total. The molecule has 8 heteroatoms. The van der Waals surface area contributed by atoms with Crippen LogP contribution in [0.3, 0.4) is 0 Å². The number of rotatable bonds is 6. The van der Waals surface area contributed by atoms with Crippen LogP contribution < -0.4 is 9.64 Å². The highest BCUT2D eigenvalue weighted by atomic mass is 16.5. The van der Waals surface area contributed by atoms with E-state index < -0.39 is 0 Å². The van der Waals surface area contributed by atoms with Crippen LogP contribution in [0.15, 0.2) is 30.9 Å². The third-order valence-electron chi connectivity index (χ3n) is 6.58. The average molecular weight is 447 g/mol. The summed E-state index contributed by atoms with van der Waals surface area (Å²) < 4.78 is 5.42. The van der Waals surface area contributed by atoms with Crippen LogP contribution in [-0.4, -0.2) is 58.5 Å². The summed E-state index contributed by atoms with van der Waals surface area (Å²) in [6.45, 7) is 11.9. The number of ether oxygens (including phenoxy) is 1. The molecule has 33 heavy (non-hydrogen) atoms. The van der Waals surface area contributed by atoms with Crippen LogP contribution >= 0.6 is 0 Å². The summed E-state index contributed by atoms with van der Waals surface area (Å²) in [7, 11) is 1.58. The number of piperazine rings is 1. The lowest BCUT2D eigenvalue weighted by molar-refractivity contribution is -0.128. The fraction of sp³-hybridized carbons (Fsp3) is 0.440. The highest BCUT2D eigenvalue weighted by molar-refractivity contribution is 5.87. The maximum absolute atomic E-state index is 12.3. The number of amides is 1. The van der Waals surface area contributed by atoms with Gasteiger partial charge in [-0.2, -0.15) is 15.2 Å². The third kappa shape index (κ3) is 4.55. The molecule has 1 aromatic carbocycles. The first-order chi connectivity index (χ1) is 15.9. The number of hydrogen-bond donors (Lipinski definition) is 0. The number of aromatic nitrogens is 2. The zero-order valence-electron chi connectivity index (χ0n) is 19.5. The van der Waals surface area contributed by atoms with E-state index in [-0.39, 0.29) is 18.4 Å². The van der Waals surface area contributed by atoms with Crippen LogP contribution in [0.2, 0.25) is 0 Å². The highest BCUT2D eigenvalue weighted by Crippen LogP contribution is 2.33. The lowest BCUT2D eigenvalue weighted by atomic mass is 10.0. The van der Waals surface area contributed by atoms with Crippen molar-refractivity contribution in [3.05, 3.63) is 58.8 Å². The summed E-state index contributed by atoms with van der Waals surface area (Å²) in [5.74, 6) is 0.703. The molecule has 0 aliphatic carbocycles. The molecule has 0 spiro atoms. The molecule has 1 amide bonds. The first-order valence-corrected chi connectivity index (χ1v) is 11.2. The van der Waals surface area contributed by atoms with E-state index in [2.05, 4.69) is 59.5 Å². The second kappa shape index (κ2) is 9.59. The molecule has 3 heterocycles. The average Bonchev–Trinajstić information content (AvgIpc) is 3.23. The van der Waals surface area contributed by atoms with Gasteiger partial charge in [-0.3, -0.25) is 9.69 Å². The van der Waals surface area contributed by atoms with Crippen LogP contribution in [0.5, 0.6) is 6.01 Å². The second-order valence-electron chi connectivity index (χ2n) is 8.67. The van der Waals surface area contributed by atoms with E-state index in [4.69, 9.17) is 9.72 Å². The lowest BCUT2D eigenvalue weighted by Crippen LogP contribution is -2.55. The minimum Gasteiger partial charge on any atom is -0.467 e. The van der Waals surface area contributed by atoms with Crippen molar-refractivity contribution >= 4 is 11.7 Å². The first-order valence-electron chi connectivity index (χ1n) is 11.2. The third-order valence-corrected chi connectivity index (χ3v) is 6.58. The van der Waals surface area contributed by atoms with Crippen LogP contribution in [0, 0.1) is 25.2 Å². The number of methoxy groups -OCH3 is 1. The summed E-state index contributed by atoms with van der Waals surface area (Å²) in [6.07, 6.45) is 1.58. The molecule has 0 bridgehead atoms. The van der Waals surface area contributed by atoms with Crippen molar-refractivity contribution in [1.82, 2.24) is 19.8 Å². The zero-order valence-corrected chi connectivity index (χ0v) is 19.5. The minimum atomic E-state index is -0.210. The van der Waals surface area contributed by atoms with Crippen molar-refractivity contribution in [1.29, 1.82) is 5.26 Å². The molecular weight excluding hydrogens is 416 g/mol. The maximum Gasteiger partial charge on any atom is 0.318 e. The summed E-state index contributed by atoms with van der Waals surface area (Å²) in [5, 5.41) is 9.32. The van der Waals surface area contributed by atoms with Gasteiger partial charge in [-0.25, -0.2) is 0 Å². The Morgan fingerprint density at radius 2 is 2.03 bits per heavy atom. The molecule has 1 saturated heterocycles. The molecule has 172 valence electrons. The van der Waals surface area contributed by atoms with Crippen LogP contribution in [-0.2, 0) is 24.4 Å². The number of nitrogens with zero attached hydrogens (tertiary/aromatic N) is 6. The van der Waals surface area contributed by atoms with Gasteiger partial charge in [-0.1, -0.05) is 24.8 Å². The Morgan fingerprint density at radius 1 is 1.27 bits per heavy atom. The normalized spacial score (nSPS) is 18.1. The van der Waals surface area contributed by atoms with E-state index in [1.165, 1.54) is 22.8 Å². The Kier molecular flexibility index (Phi) is 6.61. The van der Waals surface area contributed by atoms with E-state index in [1.807, 2.05) is 0 Å². The van der Waals surface area contributed by atoms with Gasteiger partial charge in [-0.15, -0.1) is 0 Å². The van der Waals surface area contributed by atoms with Gasteiger partial charge in [0, 0.05) is 44.8 Å². The van der Waals surface area contributed by atoms with Gasteiger partial charge in [-0.05, 0) is 36.6 Å². The largest absolute Gasteiger partial charge is 0.467 e. The van der Waals surface area contributed by atoms with Crippen LogP contribution in [0.25, 0.3) is 0 Å². The smallest absolute Gasteiger partial charge is 0.318 e. The van der Waals surface area contributed by atoms with Crippen LogP contribution in [0.1, 0.15) is 34.4 Å². The van der Waals surface area contributed by atoms with Gasteiger partial charge < -0.3 is 14.5 Å². The van der Waals surface area contributed by atoms with E-state index in [1.54, 1.807) is 12.0 Å². The second-order valence-corrected chi connectivity index (χ2v) is 8.67. The molecule has 1 aromatic heterocycles. The van der Waals surface area contributed by atoms with E-state index in [0.717, 1.165) is 36.7 Å². The van der Waals surface area contributed by atoms with Crippen molar-refractivity contribution in [2.75, 3.05) is 31.6 Å².